The number of para-hydroxylation sites is 3. The van der Waals surface area contributed by atoms with Gasteiger partial charge >= 0.3 is 0 Å². The molecule has 0 fully saturated rings. The van der Waals surface area contributed by atoms with Crippen molar-refractivity contribution in [2.24, 2.45) is 0 Å². The van der Waals surface area contributed by atoms with E-state index in [1.165, 1.54) is 64.2 Å². The van der Waals surface area contributed by atoms with Crippen LogP contribution in [0.3, 0.4) is 0 Å². The van der Waals surface area contributed by atoms with Crippen molar-refractivity contribution in [3.8, 4) is 0 Å². The lowest BCUT2D eigenvalue weighted by molar-refractivity contribution is 0.437. The number of benzene rings is 2. The van der Waals surface area contributed by atoms with Gasteiger partial charge in [0.1, 0.15) is 26.8 Å². The minimum atomic E-state index is -4.60. The zero-order valence-corrected chi connectivity index (χ0v) is 23.6. The van der Waals surface area contributed by atoms with Crippen LogP contribution in [0.15, 0.2) is 48.5 Å². The second-order valence-electron chi connectivity index (χ2n) is 10.6. The summed E-state index contributed by atoms with van der Waals surface area (Å²) < 4.78 is 39.3. The maximum Gasteiger partial charge on any atom is 0.148 e. The summed E-state index contributed by atoms with van der Waals surface area (Å²) in [5.41, 5.74) is 2.82. The molecule has 0 N–H and O–H groups in total. The molecule has 0 spiro atoms. The van der Waals surface area contributed by atoms with Crippen LogP contribution < -0.4 is 0 Å². The van der Waals surface area contributed by atoms with Gasteiger partial charge < -0.3 is 4.55 Å². The van der Waals surface area contributed by atoms with E-state index in [9.17, 15) is 13.0 Å². The first kappa shape index (κ1) is 28.5. The predicted molar refractivity (Wildman–Crippen MR) is 155 cm³/mol. The number of rotatable bonds is 17. The number of aromatic nitrogens is 3. The number of unbranched alkanes of at least 4 members (excludes halogenated alkanes) is 13. The van der Waals surface area contributed by atoms with Crippen molar-refractivity contribution in [1.29, 1.82) is 0 Å². The molecule has 0 saturated carbocycles. The molecule has 206 valence electrons. The smallest absolute Gasteiger partial charge is 0.148 e. The first-order valence-electron chi connectivity index (χ1n) is 14.6. The second-order valence-corrected chi connectivity index (χ2v) is 12.2. The average molecular weight is 537 g/mol. The average Bonchev–Trinajstić information content (AvgIpc) is 3.30. The first-order chi connectivity index (χ1) is 18.5. The molecule has 4 rings (SSSR count). The molecule has 1 atom stereocenters. The Morgan fingerprint density at radius 3 is 1.84 bits per heavy atom. The van der Waals surface area contributed by atoms with E-state index in [-0.39, 0.29) is 12.2 Å². The van der Waals surface area contributed by atoms with E-state index in [4.69, 9.17) is 9.97 Å². The van der Waals surface area contributed by atoms with E-state index in [0.717, 1.165) is 35.7 Å². The fraction of sp³-hybridized carbons (Fsp3) is 0.548. The van der Waals surface area contributed by atoms with Crippen LogP contribution in [-0.2, 0) is 10.1 Å². The van der Waals surface area contributed by atoms with Gasteiger partial charge in [-0.05, 0) is 30.7 Å². The highest BCUT2D eigenvalue weighted by molar-refractivity contribution is 7.86. The molecule has 2 heterocycles. The summed E-state index contributed by atoms with van der Waals surface area (Å²) in [4.78, 5) is 9.49. The van der Waals surface area contributed by atoms with Crippen LogP contribution in [0.2, 0.25) is 0 Å². The van der Waals surface area contributed by atoms with Crippen molar-refractivity contribution in [2.75, 3.05) is 0 Å². The molecule has 6 nitrogen and oxygen atoms in total. The van der Waals surface area contributed by atoms with Crippen LogP contribution in [0.25, 0.3) is 27.6 Å². The van der Waals surface area contributed by atoms with Crippen LogP contribution in [-0.4, -0.2) is 27.3 Å². The van der Waals surface area contributed by atoms with E-state index in [0.29, 0.717) is 17.6 Å². The van der Waals surface area contributed by atoms with Crippen molar-refractivity contribution < 1.29 is 13.0 Å². The highest BCUT2D eigenvalue weighted by atomic mass is 32.2. The quantitative estimate of drug-likeness (QED) is 0.0997. The Morgan fingerprint density at radius 1 is 0.711 bits per heavy atom. The fourth-order valence-corrected chi connectivity index (χ4v) is 6.39. The van der Waals surface area contributed by atoms with Crippen molar-refractivity contribution >= 4 is 37.7 Å². The molecule has 38 heavy (non-hydrogen) atoms. The largest absolute Gasteiger partial charge is 0.747 e. The first-order valence-corrected chi connectivity index (χ1v) is 16.1. The lowest BCUT2D eigenvalue weighted by Crippen LogP contribution is -2.18. The maximum absolute atomic E-state index is 12.5. The van der Waals surface area contributed by atoms with Crippen molar-refractivity contribution in [3.05, 3.63) is 54.4 Å². The highest BCUT2D eigenvalue weighted by Gasteiger charge is 2.25. The van der Waals surface area contributed by atoms with E-state index >= 15 is 0 Å². The number of fused-ring (bicyclic) bond motifs is 5. The van der Waals surface area contributed by atoms with Gasteiger partial charge in [-0.3, -0.25) is 4.40 Å². The lowest BCUT2D eigenvalue weighted by Gasteiger charge is -2.22. The van der Waals surface area contributed by atoms with Crippen molar-refractivity contribution in [3.63, 3.8) is 0 Å². The Labute approximate surface area is 227 Å². The Balaban J connectivity index is 1.34. The Hall–Kier alpha value is -2.51. The van der Waals surface area contributed by atoms with E-state index in [1.807, 2.05) is 48.5 Å². The number of imidazole rings is 1. The second kappa shape index (κ2) is 14.0. The monoisotopic (exact) mass is 536 g/mol. The normalized spacial score (nSPS) is 13.1. The molecule has 4 aromatic rings. The van der Waals surface area contributed by atoms with Crippen LogP contribution in [0, 0.1) is 0 Å². The van der Waals surface area contributed by atoms with Gasteiger partial charge in [0.2, 0.25) is 0 Å². The summed E-state index contributed by atoms with van der Waals surface area (Å²) >= 11 is 0. The number of nitrogens with zero attached hydrogens (tertiary/aromatic N) is 3. The van der Waals surface area contributed by atoms with Gasteiger partial charge in [0.15, 0.2) is 0 Å². The molecule has 2 aromatic carbocycles. The Morgan fingerprint density at radius 2 is 1.24 bits per heavy atom. The van der Waals surface area contributed by atoms with Gasteiger partial charge in [0.05, 0.1) is 16.6 Å². The molecule has 0 aliphatic heterocycles. The van der Waals surface area contributed by atoms with E-state index < -0.39 is 15.4 Å². The van der Waals surface area contributed by atoms with Crippen LogP contribution in [0.4, 0.5) is 0 Å². The summed E-state index contributed by atoms with van der Waals surface area (Å²) in [6.07, 6.45) is 17.4. The third-order valence-electron chi connectivity index (χ3n) is 7.63. The van der Waals surface area contributed by atoms with Gasteiger partial charge in [-0.1, -0.05) is 121 Å². The third kappa shape index (κ3) is 7.32. The summed E-state index contributed by atoms with van der Waals surface area (Å²) in [6.45, 7) is 2.26. The molecule has 0 aliphatic rings. The van der Waals surface area contributed by atoms with Crippen LogP contribution in [0.1, 0.15) is 114 Å². The summed E-state index contributed by atoms with van der Waals surface area (Å²) in [6, 6.07) is 15.2. The van der Waals surface area contributed by atoms with Gasteiger partial charge in [0, 0.05) is 5.39 Å². The molecule has 0 amide bonds. The number of hydrogen-bond acceptors (Lipinski definition) is 5. The Bertz CT molecular complexity index is 1410. The van der Waals surface area contributed by atoms with Gasteiger partial charge in [-0.2, -0.15) is 0 Å². The zero-order valence-electron chi connectivity index (χ0n) is 22.8. The van der Waals surface area contributed by atoms with Crippen LogP contribution >= 0.6 is 0 Å². The number of hydrogen-bond donors (Lipinski definition) is 0. The minimum Gasteiger partial charge on any atom is -0.747 e. The van der Waals surface area contributed by atoms with Gasteiger partial charge in [0.25, 0.3) is 0 Å². The predicted octanol–water partition coefficient (Wildman–Crippen LogP) is 8.49. The van der Waals surface area contributed by atoms with E-state index in [1.54, 1.807) is 4.40 Å². The maximum atomic E-state index is 12.5. The molecular formula is C31H42N3O3S-. The van der Waals surface area contributed by atoms with Crippen molar-refractivity contribution in [2.45, 2.75) is 108 Å². The molecule has 2 aromatic heterocycles. The molecular weight excluding hydrogens is 494 g/mol. The summed E-state index contributed by atoms with van der Waals surface area (Å²) in [5, 5.41) is -0.365. The zero-order chi connectivity index (χ0) is 26.8. The molecule has 0 saturated heterocycles. The van der Waals surface area contributed by atoms with E-state index in [2.05, 4.69) is 6.92 Å². The standard InChI is InChI=1S/C31H43N3O3S/c1-2-3-4-5-6-7-8-9-10-11-12-13-14-15-24-29(38(35,36)37)31-32-26-21-17-16-20-25(26)30-33-27-22-18-19-23-28(27)34(30)31/h16-23,29H,2-15,24H2,1H3,(H,35,36,37)/p-1. The summed E-state index contributed by atoms with van der Waals surface area (Å²) in [7, 11) is -4.60. The molecule has 0 bridgehead atoms. The van der Waals surface area contributed by atoms with Crippen LogP contribution in [0.5, 0.6) is 0 Å². The SMILES string of the molecule is CCCCCCCCCCCCCCCCC(c1nc2ccccc2c2nc3ccccc3n12)S(=O)(=O)[O-]. The van der Waals surface area contributed by atoms with Crippen molar-refractivity contribution in [1.82, 2.24) is 14.4 Å². The molecule has 0 aliphatic carbocycles. The molecule has 1 unspecified atom stereocenters. The minimum absolute atomic E-state index is 0.275. The lowest BCUT2D eigenvalue weighted by atomic mass is 10.0. The highest BCUT2D eigenvalue weighted by Crippen LogP contribution is 2.32. The van der Waals surface area contributed by atoms with Gasteiger partial charge in [-0.15, -0.1) is 0 Å². The topological polar surface area (TPSA) is 87.4 Å². The fourth-order valence-electron chi connectivity index (χ4n) is 5.51. The Kier molecular flexibility index (Phi) is 10.5. The third-order valence-corrected chi connectivity index (χ3v) is 8.77. The summed E-state index contributed by atoms with van der Waals surface area (Å²) in [5.74, 6) is 0.275. The molecule has 7 heteroatoms. The molecule has 0 radical (unpaired) electrons. The van der Waals surface area contributed by atoms with Gasteiger partial charge in [-0.25, -0.2) is 18.4 Å².